The van der Waals surface area contributed by atoms with Gasteiger partial charge >= 0.3 is 0 Å². The molecule has 2 aromatic carbocycles. The van der Waals surface area contributed by atoms with Crippen LogP contribution in [0.1, 0.15) is 18.5 Å². The Morgan fingerprint density at radius 3 is 2.26 bits per heavy atom. The van der Waals surface area contributed by atoms with Crippen molar-refractivity contribution in [2.24, 2.45) is 0 Å². The Kier molecular flexibility index (Phi) is 6.50. The van der Waals surface area contributed by atoms with Gasteiger partial charge in [0, 0.05) is 32.6 Å². The zero-order chi connectivity index (χ0) is 21.6. The van der Waals surface area contributed by atoms with Gasteiger partial charge in [0.15, 0.2) is 5.82 Å². The van der Waals surface area contributed by atoms with Crippen molar-refractivity contribution < 1.29 is 14.3 Å². The van der Waals surface area contributed by atoms with E-state index in [0.717, 1.165) is 47.1 Å². The predicted octanol–water partition coefficient (Wildman–Crippen LogP) is 3.45. The number of hydrogen-bond acceptors (Lipinski definition) is 6. The topological polar surface area (TPSA) is 67.8 Å². The average molecular weight is 421 g/mol. The van der Waals surface area contributed by atoms with Gasteiger partial charge in [-0.1, -0.05) is 12.1 Å². The Morgan fingerprint density at radius 2 is 1.58 bits per heavy atom. The van der Waals surface area contributed by atoms with Gasteiger partial charge in [0.2, 0.25) is 5.91 Å². The Hall–Kier alpha value is -3.35. The number of aryl methyl sites for hydroxylation is 1. The quantitative estimate of drug-likeness (QED) is 0.546. The highest BCUT2D eigenvalue weighted by Gasteiger charge is 2.23. The minimum atomic E-state index is 0.180. The fourth-order valence-electron chi connectivity index (χ4n) is 3.79. The standard InChI is InChI=1S/C24H28N4O3/c1-18-24(26-22-7-4-3-6-21(22)25-18)28-15-13-27(14-16-28)23(29)8-5-17-31-20-11-9-19(30-2)10-12-20/h3-4,6-7,9-12H,5,8,13-17H2,1-2H3. The summed E-state index contributed by atoms with van der Waals surface area (Å²) in [6.45, 7) is 5.45. The zero-order valence-electron chi connectivity index (χ0n) is 18.1. The molecule has 1 aliphatic heterocycles. The van der Waals surface area contributed by atoms with Crippen LogP contribution in [0, 0.1) is 6.92 Å². The second-order valence-electron chi connectivity index (χ2n) is 7.62. The van der Waals surface area contributed by atoms with E-state index in [2.05, 4.69) is 9.88 Å². The van der Waals surface area contributed by atoms with Gasteiger partial charge in [-0.25, -0.2) is 9.97 Å². The first-order valence-corrected chi connectivity index (χ1v) is 10.7. The van der Waals surface area contributed by atoms with Crippen LogP contribution in [0.5, 0.6) is 11.5 Å². The van der Waals surface area contributed by atoms with E-state index < -0.39 is 0 Å². The van der Waals surface area contributed by atoms with Crippen LogP contribution >= 0.6 is 0 Å². The number of carbonyl (C=O) groups excluding carboxylic acids is 1. The van der Waals surface area contributed by atoms with Crippen LogP contribution in [0.25, 0.3) is 11.0 Å². The summed E-state index contributed by atoms with van der Waals surface area (Å²) in [6.07, 6.45) is 1.19. The number of fused-ring (bicyclic) bond motifs is 1. The lowest BCUT2D eigenvalue weighted by Gasteiger charge is -2.36. The molecular weight excluding hydrogens is 392 g/mol. The molecule has 1 fully saturated rings. The fraction of sp³-hybridized carbons (Fsp3) is 0.375. The van der Waals surface area contributed by atoms with E-state index in [0.29, 0.717) is 32.5 Å². The molecule has 0 unspecified atom stereocenters. The summed E-state index contributed by atoms with van der Waals surface area (Å²) in [4.78, 5) is 26.2. The van der Waals surface area contributed by atoms with Crippen LogP contribution < -0.4 is 14.4 Å². The van der Waals surface area contributed by atoms with Crippen molar-refractivity contribution in [3.63, 3.8) is 0 Å². The summed E-state index contributed by atoms with van der Waals surface area (Å²) in [5.74, 6) is 2.68. The lowest BCUT2D eigenvalue weighted by molar-refractivity contribution is -0.131. The SMILES string of the molecule is COc1ccc(OCCCC(=O)N2CCN(c3nc4ccccc4nc3C)CC2)cc1. The molecule has 3 aromatic rings. The Balaban J connectivity index is 1.24. The maximum absolute atomic E-state index is 12.6. The number of piperazine rings is 1. The molecule has 4 rings (SSSR count). The molecule has 0 spiro atoms. The van der Waals surface area contributed by atoms with Gasteiger partial charge in [-0.15, -0.1) is 0 Å². The molecule has 0 radical (unpaired) electrons. The summed E-state index contributed by atoms with van der Waals surface area (Å²) < 4.78 is 10.9. The number of nitrogens with zero attached hydrogens (tertiary/aromatic N) is 4. The molecule has 1 aliphatic rings. The summed E-state index contributed by atoms with van der Waals surface area (Å²) in [5, 5.41) is 0. The minimum Gasteiger partial charge on any atom is -0.497 e. The Labute approximate surface area is 182 Å². The second kappa shape index (κ2) is 9.64. The lowest BCUT2D eigenvalue weighted by Crippen LogP contribution is -2.49. The van der Waals surface area contributed by atoms with E-state index in [9.17, 15) is 4.79 Å². The van der Waals surface area contributed by atoms with Crippen LogP contribution in [0.15, 0.2) is 48.5 Å². The lowest BCUT2D eigenvalue weighted by atomic mass is 10.2. The smallest absolute Gasteiger partial charge is 0.222 e. The van der Waals surface area contributed by atoms with Crippen molar-refractivity contribution in [2.45, 2.75) is 19.8 Å². The number of aromatic nitrogens is 2. The average Bonchev–Trinajstić information content (AvgIpc) is 2.82. The molecule has 2 heterocycles. The van der Waals surface area contributed by atoms with Crippen molar-refractivity contribution in [1.29, 1.82) is 0 Å². The first kappa shape index (κ1) is 20.9. The van der Waals surface area contributed by atoms with Gasteiger partial charge in [0.25, 0.3) is 0 Å². The molecule has 1 aromatic heterocycles. The maximum Gasteiger partial charge on any atom is 0.222 e. The summed E-state index contributed by atoms with van der Waals surface area (Å²) in [6, 6.07) is 15.4. The highest BCUT2D eigenvalue weighted by molar-refractivity contribution is 5.77. The van der Waals surface area contributed by atoms with Gasteiger partial charge in [-0.3, -0.25) is 4.79 Å². The van der Waals surface area contributed by atoms with Crippen LogP contribution in [0.2, 0.25) is 0 Å². The minimum absolute atomic E-state index is 0.180. The van der Waals surface area contributed by atoms with E-state index in [1.54, 1.807) is 7.11 Å². The third kappa shape index (κ3) is 5.05. The van der Waals surface area contributed by atoms with Crippen LogP contribution in [0.4, 0.5) is 5.82 Å². The highest BCUT2D eigenvalue weighted by Crippen LogP contribution is 2.22. The Morgan fingerprint density at radius 1 is 0.935 bits per heavy atom. The molecular formula is C24H28N4O3. The van der Waals surface area contributed by atoms with Crippen LogP contribution in [-0.2, 0) is 4.79 Å². The van der Waals surface area contributed by atoms with Gasteiger partial charge in [-0.2, -0.15) is 0 Å². The molecule has 0 atom stereocenters. The summed E-state index contributed by atoms with van der Waals surface area (Å²) >= 11 is 0. The van der Waals surface area contributed by atoms with Gasteiger partial charge in [0.05, 0.1) is 30.4 Å². The van der Waals surface area contributed by atoms with Crippen LogP contribution in [-0.4, -0.2) is 60.7 Å². The summed E-state index contributed by atoms with van der Waals surface area (Å²) in [5.41, 5.74) is 2.74. The van der Waals surface area contributed by atoms with Crippen molar-refractivity contribution in [1.82, 2.24) is 14.9 Å². The van der Waals surface area contributed by atoms with E-state index >= 15 is 0 Å². The van der Waals surface area contributed by atoms with E-state index in [1.165, 1.54) is 0 Å². The zero-order valence-corrected chi connectivity index (χ0v) is 18.1. The molecule has 162 valence electrons. The monoisotopic (exact) mass is 420 g/mol. The molecule has 7 nitrogen and oxygen atoms in total. The molecule has 31 heavy (non-hydrogen) atoms. The highest BCUT2D eigenvalue weighted by atomic mass is 16.5. The molecule has 0 N–H and O–H groups in total. The molecule has 0 aliphatic carbocycles. The number of ether oxygens (including phenoxy) is 2. The number of benzene rings is 2. The third-order valence-electron chi connectivity index (χ3n) is 5.51. The maximum atomic E-state index is 12.6. The van der Waals surface area contributed by atoms with Crippen LogP contribution in [0.3, 0.4) is 0 Å². The normalized spacial score (nSPS) is 14.0. The first-order valence-electron chi connectivity index (χ1n) is 10.7. The van der Waals surface area contributed by atoms with Crippen molar-refractivity contribution >= 4 is 22.8 Å². The number of methoxy groups -OCH3 is 1. The largest absolute Gasteiger partial charge is 0.497 e. The van der Waals surface area contributed by atoms with Gasteiger partial charge in [0.1, 0.15) is 11.5 Å². The first-order chi connectivity index (χ1) is 15.1. The van der Waals surface area contributed by atoms with E-state index in [4.69, 9.17) is 14.5 Å². The van der Waals surface area contributed by atoms with Gasteiger partial charge < -0.3 is 19.3 Å². The fourth-order valence-corrected chi connectivity index (χ4v) is 3.79. The van der Waals surface area contributed by atoms with E-state index in [1.807, 2.05) is 60.4 Å². The number of rotatable bonds is 7. The third-order valence-corrected chi connectivity index (χ3v) is 5.51. The summed E-state index contributed by atoms with van der Waals surface area (Å²) in [7, 11) is 1.64. The number of carbonyl (C=O) groups is 1. The van der Waals surface area contributed by atoms with E-state index in [-0.39, 0.29) is 5.91 Å². The molecule has 1 amide bonds. The second-order valence-corrected chi connectivity index (χ2v) is 7.62. The van der Waals surface area contributed by atoms with Crippen molar-refractivity contribution in [3.8, 4) is 11.5 Å². The van der Waals surface area contributed by atoms with Crippen molar-refractivity contribution in [3.05, 3.63) is 54.2 Å². The van der Waals surface area contributed by atoms with Crippen molar-refractivity contribution in [2.75, 3.05) is 44.8 Å². The number of hydrogen-bond donors (Lipinski definition) is 0. The Bertz CT molecular complexity index is 1030. The number of anilines is 1. The molecule has 0 saturated carbocycles. The molecule has 1 saturated heterocycles. The number of amides is 1. The molecule has 7 heteroatoms. The van der Waals surface area contributed by atoms with Gasteiger partial charge in [-0.05, 0) is 49.7 Å². The molecule has 0 bridgehead atoms. The predicted molar refractivity (Wildman–Crippen MR) is 121 cm³/mol. The number of para-hydroxylation sites is 2.